The van der Waals surface area contributed by atoms with Gasteiger partial charge in [0.15, 0.2) is 0 Å². The van der Waals surface area contributed by atoms with Gasteiger partial charge >= 0.3 is 6.03 Å². The maximum atomic E-state index is 13.6. The molecule has 0 bridgehead atoms. The summed E-state index contributed by atoms with van der Waals surface area (Å²) in [6.07, 6.45) is 0.285. The Hall–Kier alpha value is -5.12. The number of thioether (sulfide) groups is 1. The van der Waals surface area contributed by atoms with Crippen LogP contribution in [0.15, 0.2) is 30.3 Å². The Bertz CT molecular complexity index is 1550. The van der Waals surface area contributed by atoms with E-state index in [2.05, 4.69) is 31.9 Å². The Morgan fingerprint density at radius 3 is 1.86 bits per heavy atom. The zero-order valence-electron chi connectivity index (χ0n) is 33.6. The number of urea groups is 1. The summed E-state index contributed by atoms with van der Waals surface area (Å²) in [6.45, 7) is 7.53. The Morgan fingerprint density at radius 1 is 0.724 bits per heavy atom. The molecule has 21 heteroatoms. The van der Waals surface area contributed by atoms with Crippen LogP contribution in [0.1, 0.15) is 65.9 Å². The first kappa shape index (κ1) is 50.9. The van der Waals surface area contributed by atoms with Gasteiger partial charge in [0.05, 0.1) is 12.1 Å². The van der Waals surface area contributed by atoms with Gasteiger partial charge in [-0.05, 0) is 63.8 Å². The molecular weight excluding hydrogens is 777 g/mol. The Kier molecular flexibility index (Phi) is 23.5. The van der Waals surface area contributed by atoms with Crippen LogP contribution >= 0.6 is 11.8 Å². The molecule has 0 aliphatic heterocycles. The van der Waals surface area contributed by atoms with E-state index in [-0.39, 0.29) is 31.6 Å². The van der Waals surface area contributed by atoms with Crippen molar-refractivity contribution in [3.63, 3.8) is 0 Å². The fourth-order valence-corrected chi connectivity index (χ4v) is 6.06. The minimum atomic E-state index is -1.63. The molecule has 1 aromatic carbocycles. The van der Waals surface area contributed by atoms with E-state index in [9.17, 15) is 48.3 Å². The highest BCUT2D eigenvalue weighted by molar-refractivity contribution is 7.99. The second-order valence-corrected chi connectivity index (χ2v) is 15.2. The lowest BCUT2D eigenvalue weighted by molar-refractivity contribution is -0.136. The molecule has 0 spiro atoms. The van der Waals surface area contributed by atoms with E-state index < -0.39 is 102 Å². The Balaban J connectivity index is 3.15. The molecule has 14 N–H and O–H groups in total. The van der Waals surface area contributed by atoms with Crippen LogP contribution in [0.2, 0.25) is 0 Å². The SMILES string of the molecule is CC(C)[C@H](NC(=O)[C@@H](C)NC(=O)[C@@H](CCCCN)NC(=O)[C@H](NC(=O)[C@@H](Cc1ccccc1)NC(=O)NC(=O)[C@@H](C)N)C(C)O)C(=O)N[C@@H](CSCCC=O)C(N)=O. The summed E-state index contributed by atoms with van der Waals surface area (Å²) >= 11 is 1.24. The smallest absolute Gasteiger partial charge is 0.322 e. The number of benzene rings is 1. The largest absolute Gasteiger partial charge is 0.391 e. The highest BCUT2D eigenvalue weighted by atomic mass is 32.2. The normalized spacial score (nSPS) is 15.1. The van der Waals surface area contributed by atoms with Crippen LogP contribution in [0.5, 0.6) is 0 Å². The number of nitrogens with one attached hydrogen (secondary N) is 7. The molecule has 0 fully saturated rings. The van der Waals surface area contributed by atoms with Gasteiger partial charge in [0.25, 0.3) is 0 Å². The van der Waals surface area contributed by atoms with Gasteiger partial charge < -0.3 is 59.0 Å². The van der Waals surface area contributed by atoms with Crippen LogP contribution in [0.3, 0.4) is 0 Å². The van der Waals surface area contributed by atoms with Crippen LogP contribution in [-0.4, -0.2) is 125 Å². The third kappa shape index (κ3) is 18.9. The fraction of sp³-hybridized carbons (Fsp3) is 0.595. The van der Waals surface area contributed by atoms with Crippen LogP contribution in [-0.2, 0) is 44.8 Å². The number of hydrogen-bond donors (Lipinski definition) is 11. The molecule has 0 aromatic heterocycles. The van der Waals surface area contributed by atoms with Crippen molar-refractivity contribution in [3.8, 4) is 0 Å². The average Bonchev–Trinajstić information content (AvgIpc) is 3.15. The topological polar surface area (TPSA) is 336 Å². The monoisotopic (exact) mass is 836 g/mol. The zero-order valence-corrected chi connectivity index (χ0v) is 34.4. The van der Waals surface area contributed by atoms with Gasteiger partial charge in [-0.3, -0.25) is 38.9 Å². The van der Waals surface area contributed by atoms with Gasteiger partial charge in [-0.2, -0.15) is 11.8 Å². The highest BCUT2D eigenvalue weighted by Gasteiger charge is 2.34. The van der Waals surface area contributed by atoms with Crippen molar-refractivity contribution in [2.45, 2.75) is 115 Å². The molecule has 1 unspecified atom stereocenters. The molecule has 0 aliphatic rings. The van der Waals surface area contributed by atoms with Crippen molar-refractivity contribution in [2.24, 2.45) is 23.1 Å². The fourth-order valence-electron chi connectivity index (χ4n) is 5.14. The highest BCUT2D eigenvalue weighted by Crippen LogP contribution is 2.09. The molecule has 324 valence electrons. The van der Waals surface area contributed by atoms with Gasteiger partial charge in [0.2, 0.25) is 41.4 Å². The lowest BCUT2D eigenvalue weighted by Crippen LogP contribution is -2.61. The summed E-state index contributed by atoms with van der Waals surface area (Å²) in [4.78, 5) is 114. The van der Waals surface area contributed by atoms with Gasteiger partial charge in [0, 0.05) is 18.6 Å². The minimum Gasteiger partial charge on any atom is -0.391 e. The number of primary amides is 1. The number of carbonyl (C=O) groups excluding carboxylic acids is 9. The van der Waals surface area contributed by atoms with Crippen molar-refractivity contribution < 1.29 is 48.3 Å². The molecule has 0 aliphatic carbocycles. The Morgan fingerprint density at radius 2 is 1.31 bits per heavy atom. The number of aliphatic hydroxyl groups excluding tert-OH is 1. The van der Waals surface area contributed by atoms with Crippen molar-refractivity contribution in [3.05, 3.63) is 35.9 Å². The van der Waals surface area contributed by atoms with Gasteiger partial charge in [-0.25, -0.2) is 4.79 Å². The van der Waals surface area contributed by atoms with Crippen LogP contribution in [0.25, 0.3) is 0 Å². The van der Waals surface area contributed by atoms with Crippen LogP contribution in [0, 0.1) is 5.92 Å². The number of unbranched alkanes of at least 4 members (excludes halogenated alkanes) is 1. The number of aldehydes is 1. The van der Waals surface area contributed by atoms with Crippen LogP contribution < -0.4 is 54.4 Å². The van der Waals surface area contributed by atoms with E-state index in [4.69, 9.17) is 17.2 Å². The molecule has 8 atom stereocenters. The van der Waals surface area contributed by atoms with Crippen LogP contribution in [0.4, 0.5) is 4.79 Å². The third-order valence-electron chi connectivity index (χ3n) is 8.52. The van der Waals surface area contributed by atoms with Gasteiger partial charge in [0.1, 0.15) is 42.5 Å². The maximum Gasteiger partial charge on any atom is 0.322 e. The van der Waals surface area contributed by atoms with E-state index in [0.29, 0.717) is 24.2 Å². The average molecular weight is 837 g/mol. The summed E-state index contributed by atoms with van der Waals surface area (Å²) in [7, 11) is 0. The summed E-state index contributed by atoms with van der Waals surface area (Å²) in [6, 6.07) is -1.22. The number of carbonyl (C=O) groups is 9. The molecule has 0 saturated carbocycles. The molecule has 9 amide bonds. The standard InChI is InChI=1S/C37H60N10O10S/c1-20(2)28(35(55)43-27(30(40)50)19-58-17-11-16-48)45-32(52)22(4)41-33(53)25(14-9-10-15-38)42-36(56)29(23(5)49)46-34(54)26(18-24-12-7-6-8-13-24)44-37(57)47-31(51)21(3)39/h6-8,12-13,16,20-23,25-29,49H,9-11,14-15,17-19,38-39H2,1-5H3,(H2,40,50)(H,41,53)(H,42,56)(H,43,55)(H,45,52)(H,46,54)(H2,44,47,51,57)/t21-,22-,23?,25-,26-,27+,28+,29-/m1/s1. The van der Waals surface area contributed by atoms with E-state index in [1.807, 2.05) is 5.32 Å². The summed E-state index contributed by atoms with van der Waals surface area (Å²) in [5, 5.41) is 27.6. The number of rotatable bonds is 26. The van der Waals surface area contributed by atoms with Crippen molar-refractivity contribution in [2.75, 3.05) is 18.1 Å². The molecular formula is C37H60N10O10S. The first-order valence-electron chi connectivity index (χ1n) is 18.9. The van der Waals surface area contributed by atoms with E-state index in [1.54, 1.807) is 44.2 Å². The summed E-state index contributed by atoms with van der Waals surface area (Å²) in [5.74, 6) is -5.66. The molecule has 0 radical (unpaired) electrons. The van der Waals surface area contributed by atoms with Gasteiger partial charge in [-0.1, -0.05) is 44.2 Å². The van der Waals surface area contributed by atoms with Crippen molar-refractivity contribution in [1.82, 2.24) is 37.2 Å². The number of hydrogen-bond acceptors (Lipinski definition) is 13. The minimum absolute atomic E-state index is 0.0476. The maximum absolute atomic E-state index is 13.6. The van der Waals surface area contributed by atoms with E-state index >= 15 is 0 Å². The van der Waals surface area contributed by atoms with E-state index in [1.165, 1.54) is 32.5 Å². The third-order valence-corrected chi connectivity index (χ3v) is 9.61. The quantitative estimate of drug-likeness (QED) is 0.0332. The number of imide groups is 1. The molecule has 0 saturated heterocycles. The second-order valence-electron chi connectivity index (χ2n) is 14.0. The predicted molar refractivity (Wildman–Crippen MR) is 216 cm³/mol. The molecule has 0 heterocycles. The lowest BCUT2D eigenvalue weighted by atomic mass is 10.0. The molecule has 1 rings (SSSR count). The van der Waals surface area contributed by atoms with Crippen molar-refractivity contribution in [1.29, 1.82) is 0 Å². The zero-order chi connectivity index (χ0) is 43.9. The lowest BCUT2D eigenvalue weighted by Gasteiger charge is -2.28. The van der Waals surface area contributed by atoms with Gasteiger partial charge in [-0.15, -0.1) is 0 Å². The molecule has 20 nitrogen and oxygen atoms in total. The summed E-state index contributed by atoms with van der Waals surface area (Å²) in [5.41, 5.74) is 17.2. The molecule has 58 heavy (non-hydrogen) atoms. The summed E-state index contributed by atoms with van der Waals surface area (Å²) < 4.78 is 0. The first-order chi connectivity index (χ1) is 27.3. The van der Waals surface area contributed by atoms with E-state index in [0.717, 1.165) is 6.29 Å². The second kappa shape index (κ2) is 26.7. The number of nitrogens with two attached hydrogens (primary N) is 3. The number of aliphatic hydroxyl groups is 1. The Labute approximate surface area is 342 Å². The first-order valence-corrected chi connectivity index (χ1v) is 20.1. The van der Waals surface area contributed by atoms with Crippen molar-refractivity contribution >= 4 is 65.4 Å². The predicted octanol–water partition coefficient (Wildman–Crippen LogP) is -2.81. The number of amides is 9. The molecule has 1 aromatic rings.